The molecule has 0 N–H and O–H groups in total. The Morgan fingerprint density at radius 3 is 2.71 bits per heavy atom. The van der Waals surface area contributed by atoms with E-state index in [-0.39, 0.29) is 0 Å². The smallest absolute Gasteiger partial charge is 0.164 e. The van der Waals surface area contributed by atoms with Gasteiger partial charge in [0.15, 0.2) is 5.82 Å². The van der Waals surface area contributed by atoms with Crippen LogP contribution in [0.2, 0.25) is 0 Å². The molecule has 0 aliphatic rings. The van der Waals surface area contributed by atoms with E-state index in [1.165, 1.54) is 12.8 Å². The van der Waals surface area contributed by atoms with E-state index in [4.69, 9.17) is 0 Å². The summed E-state index contributed by atoms with van der Waals surface area (Å²) in [5, 5.41) is 12.4. The molecule has 0 bridgehead atoms. The first-order valence-electron chi connectivity index (χ1n) is 5.49. The third-order valence-corrected chi connectivity index (χ3v) is 2.05. The monoisotopic (exact) mass is 196 g/mol. The van der Waals surface area contributed by atoms with Gasteiger partial charge in [-0.2, -0.15) is 4.80 Å². The molecule has 0 radical (unpaired) electrons. The molecule has 14 heavy (non-hydrogen) atoms. The molecule has 0 atom stereocenters. The van der Waals surface area contributed by atoms with E-state index in [1.54, 1.807) is 4.80 Å². The van der Waals surface area contributed by atoms with Crippen molar-refractivity contribution in [1.29, 1.82) is 0 Å². The van der Waals surface area contributed by atoms with Gasteiger partial charge in [0.05, 0.1) is 6.54 Å². The van der Waals surface area contributed by atoms with Gasteiger partial charge in [0.1, 0.15) is 0 Å². The van der Waals surface area contributed by atoms with Crippen LogP contribution < -0.4 is 0 Å². The highest BCUT2D eigenvalue weighted by atomic mass is 15.6. The number of aryl methyl sites for hydroxylation is 1. The van der Waals surface area contributed by atoms with Crippen LogP contribution in [0.5, 0.6) is 0 Å². The van der Waals surface area contributed by atoms with E-state index >= 15 is 0 Å². The molecule has 0 aromatic carbocycles. The van der Waals surface area contributed by atoms with Gasteiger partial charge in [-0.1, -0.05) is 33.6 Å². The van der Waals surface area contributed by atoms with Crippen LogP contribution in [0.25, 0.3) is 0 Å². The second-order valence-corrected chi connectivity index (χ2v) is 4.11. The van der Waals surface area contributed by atoms with E-state index in [0.717, 1.165) is 25.2 Å². The summed E-state index contributed by atoms with van der Waals surface area (Å²) in [5.74, 6) is 1.47. The molecular formula is C10H20N4. The van der Waals surface area contributed by atoms with Crippen molar-refractivity contribution in [3.63, 3.8) is 0 Å². The third kappa shape index (κ3) is 3.85. The average Bonchev–Trinajstić information content (AvgIpc) is 2.52. The highest BCUT2D eigenvalue weighted by molar-refractivity contribution is 4.78. The van der Waals surface area contributed by atoms with E-state index in [9.17, 15) is 0 Å². The highest BCUT2D eigenvalue weighted by Gasteiger charge is 2.04. The molecule has 1 rings (SSSR count). The van der Waals surface area contributed by atoms with Crippen molar-refractivity contribution in [2.45, 2.75) is 53.0 Å². The Hall–Kier alpha value is -0.930. The quantitative estimate of drug-likeness (QED) is 0.654. The second-order valence-electron chi connectivity index (χ2n) is 4.11. The maximum Gasteiger partial charge on any atom is 0.175 e. The van der Waals surface area contributed by atoms with Gasteiger partial charge >= 0.3 is 0 Å². The minimum Gasteiger partial charge on any atom is -0.164 e. The Bertz CT molecular complexity index is 254. The Morgan fingerprint density at radius 2 is 2.07 bits per heavy atom. The van der Waals surface area contributed by atoms with Crippen LogP contribution in [-0.4, -0.2) is 20.2 Å². The number of nitrogens with zero attached hydrogens (tertiary/aromatic N) is 4. The van der Waals surface area contributed by atoms with Gasteiger partial charge < -0.3 is 0 Å². The summed E-state index contributed by atoms with van der Waals surface area (Å²) in [4.78, 5) is 1.72. The number of tetrazole rings is 1. The topological polar surface area (TPSA) is 43.6 Å². The predicted molar refractivity (Wildman–Crippen MR) is 55.9 cm³/mol. The zero-order chi connectivity index (χ0) is 10.4. The zero-order valence-corrected chi connectivity index (χ0v) is 9.40. The van der Waals surface area contributed by atoms with Crippen LogP contribution in [0, 0.1) is 5.92 Å². The van der Waals surface area contributed by atoms with Crippen molar-refractivity contribution in [1.82, 2.24) is 20.2 Å². The molecular weight excluding hydrogens is 176 g/mol. The van der Waals surface area contributed by atoms with Crippen molar-refractivity contribution in [2.75, 3.05) is 0 Å². The first-order chi connectivity index (χ1) is 6.72. The number of aromatic nitrogens is 4. The fourth-order valence-corrected chi connectivity index (χ4v) is 1.32. The SMILES string of the molecule is CCCCCn1nnc(CC(C)C)n1. The van der Waals surface area contributed by atoms with Gasteiger partial charge in [0.2, 0.25) is 0 Å². The molecule has 1 aromatic rings. The number of rotatable bonds is 6. The Kier molecular flexibility index (Phi) is 4.56. The molecule has 0 unspecified atom stereocenters. The van der Waals surface area contributed by atoms with Crippen LogP contribution in [0.4, 0.5) is 0 Å². The summed E-state index contributed by atoms with van der Waals surface area (Å²) >= 11 is 0. The molecule has 1 heterocycles. The third-order valence-electron chi connectivity index (χ3n) is 2.05. The van der Waals surface area contributed by atoms with E-state index in [0.29, 0.717) is 5.92 Å². The fourth-order valence-electron chi connectivity index (χ4n) is 1.32. The van der Waals surface area contributed by atoms with E-state index in [2.05, 4.69) is 36.2 Å². The number of hydrogen-bond acceptors (Lipinski definition) is 3. The number of unbranched alkanes of at least 4 members (excludes halogenated alkanes) is 2. The lowest BCUT2D eigenvalue weighted by Crippen LogP contribution is -2.03. The molecule has 0 saturated carbocycles. The minimum atomic E-state index is 0.600. The molecule has 0 spiro atoms. The van der Waals surface area contributed by atoms with E-state index < -0.39 is 0 Å². The lowest BCUT2D eigenvalue weighted by Gasteiger charge is -1.98. The van der Waals surface area contributed by atoms with Crippen molar-refractivity contribution < 1.29 is 0 Å². The largest absolute Gasteiger partial charge is 0.175 e. The van der Waals surface area contributed by atoms with Gasteiger partial charge in [-0.15, -0.1) is 10.2 Å². The number of hydrogen-bond donors (Lipinski definition) is 0. The van der Waals surface area contributed by atoms with Crippen molar-refractivity contribution in [3.8, 4) is 0 Å². The highest BCUT2D eigenvalue weighted by Crippen LogP contribution is 2.01. The first-order valence-corrected chi connectivity index (χ1v) is 5.49. The lowest BCUT2D eigenvalue weighted by atomic mass is 10.1. The maximum absolute atomic E-state index is 4.32. The van der Waals surface area contributed by atoms with E-state index in [1.807, 2.05) is 0 Å². The fraction of sp³-hybridized carbons (Fsp3) is 0.900. The van der Waals surface area contributed by atoms with Crippen LogP contribution in [0.15, 0.2) is 0 Å². The predicted octanol–water partition coefficient (Wildman–Crippen LogP) is 2.06. The molecule has 4 heteroatoms. The Labute approximate surface area is 85.7 Å². The van der Waals surface area contributed by atoms with Crippen LogP contribution >= 0.6 is 0 Å². The summed E-state index contributed by atoms with van der Waals surface area (Å²) in [6.45, 7) is 7.42. The normalized spacial score (nSPS) is 11.1. The van der Waals surface area contributed by atoms with Crippen LogP contribution in [0.1, 0.15) is 45.9 Å². The van der Waals surface area contributed by atoms with Crippen molar-refractivity contribution in [2.24, 2.45) is 5.92 Å². The second kappa shape index (κ2) is 5.73. The van der Waals surface area contributed by atoms with Gasteiger partial charge in [-0.05, 0) is 17.6 Å². The lowest BCUT2D eigenvalue weighted by molar-refractivity contribution is 0.483. The molecule has 4 nitrogen and oxygen atoms in total. The van der Waals surface area contributed by atoms with Crippen LogP contribution in [0.3, 0.4) is 0 Å². The molecule has 0 aliphatic carbocycles. The first kappa shape index (κ1) is 11.1. The van der Waals surface area contributed by atoms with Gasteiger partial charge in [-0.25, -0.2) is 0 Å². The Morgan fingerprint density at radius 1 is 1.29 bits per heavy atom. The Balaban J connectivity index is 2.35. The summed E-state index contributed by atoms with van der Waals surface area (Å²) < 4.78 is 0. The van der Waals surface area contributed by atoms with Gasteiger partial charge in [-0.3, -0.25) is 0 Å². The molecule has 0 saturated heterocycles. The molecule has 0 fully saturated rings. The average molecular weight is 196 g/mol. The maximum atomic E-state index is 4.32. The molecule has 80 valence electrons. The summed E-state index contributed by atoms with van der Waals surface area (Å²) in [5.41, 5.74) is 0. The van der Waals surface area contributed by atoms with Gasteiger partial charge in [0, 0.05) is 6.42 Å². The van der Waals surface area contributed by atoms with Crippen molar-refractivity contribution in [3.05, 3.63) is 5.82 Å². The van der Waals surface area contributed by atoms with Gasteiger partial charge in [0.25, 0.3) is 0 Å². The van der Waals surface area contributed by atoms with Crippen LogP contribution in [-0.2, 0) is 13.0 Å². The molecule has 0 amide bonds. The zero-order valence-electron chi connectivity index (χ0n) is 9.40. The summed E-state index contributed by atoms with van der Waals surface area (Å²) in [6, 6.07) is 0. The summed E-state index contributed by atoms with van der Waals surface area (Å²) in [7, 11) is 0. The standard InChI is InChI=1S/C10H20N4/c1-4-5-6-7-14-12-10(11-13-14)8-9(2)3/h9H,4-8H2,1-3H3. The molecule has 0 aliphatic heterocycles. The summed E-state index contributed by atoms with van der Waals surface area (Å²) in [6.07, 6.45) is 4.54. The van der Waals surface area contributed by atoms with Crippen molar-refractivity contribution >= 4 is 0 Å². The molecule has 1 aromatic heterocycles. The minimum absolute atomic E-state index is 0.600.